The molecule has 0 aliphatic heterocycles. The van der Waals surface area contributed by atoms with Crippen LogP contribution in [0.25, 0.3) is 0 Å². The van der Waals surface area contributed by atoms with E-state index in [2.05, 4.69) is 15.8 Å². The molecule has 2 amide bonds. The van der Waals surface area contributed by atoms with Gasteiger partial charge in [-0.3, -0.25) is 19.7 Å². The molecule has 0 aromatic heterocycles. The molecule has 2 N–H and O–H groups in total. The Morgan fingerprint density at radius 2 is 1.89 bits per heavy atom. The molecule has 0 radical (unpaired) electrons. The first-order valence-electron chi connectivity index (χ1n) is 7.99. The topological polar surface area (TPSA) is 123 Å². The Labute approximate surface area is 155 Å². The zero-order valence-electron chi connectivity index (χ0n) is 14.5. The van der Waals surface area contributed by atoms with Gasteiger partial charge in [-0.05, 0) is 12.1 Å². The molecule has 0 heterocycles. The van der Waals surface area contributed by atoms with E-state index in [4.69, 9.17) is 4.74 Å². The standard InChI is InChI=1S/C18H18N4O5/c1-27-16-8-3-2-7-15(16)20-17(23)9-10-18(24)21-19-12-13-5-4-6-14(11-13)22(25)26/h2-8,11-12H,9-10H2,1H3,(H,20,23)(H,21,24)/b19-12+. The molecule has 0 unspecified atom stereocenters. The van der Waals surface area contributed by atoms with Crippen LogP contribution in [0, 0.1) is 10.1 Å². The second-order valence-electron chi connectivity index (χ2n) is 5.39. The van der Waals surface area contributed by atoms with Gasteiger partial charge in [-0.2, -0.15) is 5.10 Å². The van der Waals surface area contributed by atoms with Gasteiger partial charge in [0.25, 0.3) is 5.69 Å². The van der Waals surface area contributed by atoms with Gasteiger partial charge in [0.1, 0.15) is 5.75 Å². The van der Waals surface area contributed by atoms with Crippen LogP contribution in [-0.4, -0.2) is 30.1 Å². The third kappa shape index (κ3) is 6.24. The van der Waals surface area contributed by atoms with Crippen molar-refractivity contribution in [3.05, 3.63) is 64.2 Å². The Bertz CT molecular complexity index is 866. The van der Waals surface area contributed by atoms with E-state index in [1.807, 2.05) is 0 Å². The van der Waals surface area contributed by atoms with Crippen LogP contribution in [0.1, 0.15) is 18.4 Å². The molecule has 9 heteroatoms. The lowest BCUT2D eigenvalue weighted by atomic mass is 10.2. The second kappa shape index (κ2) is 9.66. The Kier molecular flexibility index (Phi) is 7.00. The van der Waals surface area contributed by atoms with Crippen molar-refractivity contribution < 1.29 is 19.2 Å². The highest BCUT2D eigenvalue weighted by atomic mass is 16.6. The molecule has 0 aliphatic rings. The molecule has 0 saturated heterocycles. The monoisotopic (exact) mass is 370 g/mol. The molecule has 0 bridgehead atoms. The van der Waals surface area contributed by atoms with E-state index in [1.165, 1.54) is 31.5 Å². The number of hydrazone groups is 1. The Balaban J connectivity index is 1.79. The smallest absolute Gasteiger partial charge is 0.270 e. The first-order valence-corrected chi connectivity index (χ1v) is 7.99. The summed E-state index contributed by atoms with van der Waals surface area (Å²) in [5.41, 5.74) is 3.20. The lowest BCUT2D eigenvalue weighted by Gasteiger charge is -2.09. The van der Waals surface area contributed by atoms with Gasteiger partial charge in [0.15, 0.2) is 0 Å². The van der Waals surface area contributed by atoms with Crippen molar-refractivity contribution in [2.75, 3.05) is 12.4 Å². The van der Waals surface area contributed by atoms with Gasteiger partial charge in [0.05, 0.1) is 23.9 Å². The van der Waals surface area contributed by atoms with Crippen LogP contribution in [-0.2, 0) is 9.59 Å². The second-order valence-corrected chi connectivity index (χ2v) is 5.39. The van der Waals surface area contributed by atoms with Crippen molar-refractivity contribution in [3.8, 4) is 5.75 Å². The zero-order chi connectivity index (χ0) is 19.6. The first kappa shape index (κ1) is 19.6. The number of anilines is 1. The van der Waals surface area contributed by atoms with Crippen LogP contribution in [0.2, 0.25) is 0 Å². The quantitative estimate of drug-likeness (QED) is 0.420. The van der Waals surface area contributed by atoms with E-state index in [0.717, 1.165) is 0 Å². The summed E-state index contributed by atoms with van der Waals surface area (Å²) in [6.07, 6.45) is 1.20. The number of nitrogens with one attached hydrogen (secondary N) is 2. The fourth-order valence-corrected chi connectivity index (χ4v) is 2.14. The number of nitro groups is 1. The van der Waals surface area contributed by atoms with E-state index in [1.54, 1.807) is 30.3 Å². The lowest BCUT2D eigenvalue weighted by molar-refractivity contribution is -0.384. The molecule has 27 heavy (non-hydrogen) atoms. The first-order chi connectivity index (χ1) is 13.0. The number of non-ortho nitro benzene ring substituents is 1. The predicted octanol–water partition coefficient (Wildman–Crippen LogP) is 2.47. The van der Waals surface area contributed by atoms with Crippen LogP contribution in [0.15, 0.2) is 53.6 Å². The number of carbonyl (C=O) groups excluding carboxylic acids is 2. The Morgan fingerprint density at radius 3 is 2.63 bits per heavy atom. The molecule has 2 aromatic rings. The van der Waals surface area contributed by atoms with Gasteiger partial charge in [0.2, 0.25) is 11.8 Å². The summed E-state index contributed by atoms with van der Waals surface area (Å²) in [6.45, 7) is 0. The number of hydrogen-bond donors (Lipinski definition) is 2. The Morgan fingerprint density at radius 1 is 1.15 bits per heavy atom. The lowest BCUT2D eigenvalue weighted by Crippen LogP contribution is -2.20. The molecule has 2 rings (SSSR count). The Hall–Kier alpha value is -3.75. The van der Waals surface area contributed by atoms with Gasteiger partial charge in [0, 0.05) is 30.5 Å². The summed E-state index contributed by atoms with van der Waals surface area (Å²) < 4.78 is 5.13. The number of carbonyl (C=O) groups is 2. The van der Waals surface area contributed by atoms with Crippen LogP contribution in [0.4, 0.5) is 11.4 Å². The van der Waals surface area contributed by atoms with Crippen molar-refractivity contribution in [1.29, 1.82) is 0 Å². The van der Waals surface area contributed by atoms with Crippen LogP contribution < -0.4 is 15.5 Å². The van der Waals surface area contributed by atoms with Crippen molar-refractivity contribution in [2.24, 2.45) is 5.10 Å². The highest BCUT2D eigenvalue weighted by Crippen LogP contribution is 2.23. The summed E-state index contributed by atoms with van der Waals surface area (Å²) in [4.78, 5) is 33.9. The number of methoxy groups -OCH3 is 1. The van der Waals surface area contributed by atoms with Crippen LogP contribution in [0.3, 0.4) is 0 Å². The minimum atomic E-state index is -0.518. The van der Waals surface area contributed by atoms with Crippen LogP contribution in [0.5, 0.6) is 5.75 Å². The van der Waals surface area contributed by atoms with E-state index in [-0.39, 0.29) is 24.4 Å². The van der Waals surface area contributed by atoms with Gasteiger partial charge in [-0.25, -0.2) is 5.43 Å². The minimum absolute atomic E-state index is 0.0315. The minimum Gasteiger partial charge on any atom is -0.495 e. The van der Waals surface area contributed by atoms with Crippen molar-refractivity contribution in [2.45, 2.75) is 12.8 Å². The molecule has 0 saturated carbocycles. The average Bonchev–Trinajstić information content (AvgIpc) is 2.67. The van der Waals surface area contributed by atoms with Crippen molar-refractivity contribution in [3.63, 3.8) is 0 Å². The van der Waals surface area contributed by atoms with E-state index in [9.17, 15) is 19.7 Å². The molecule has 0 aliphatic carbocycles. The van der Waals surface area contributed by atoms with E-state index >= 15 is 0 Å². The predicted molar refractivity (Wildman–Crippen MR) is 99.7 cm³/mol. The number of ether oxygens (including phenoxy) is 1. The summed E-state index contributed by atoms with van der Waals surface area (Å²) in [6, 6.07) is 12.8. The number of rotatable bonds is 8. The zero-order valence-corrected chi connectivity index (χ0v) is 14.5. The van der Waals surface area contributed by atoms with Crippen LogP contribution >= 0.6 is 0 Å². The molecule has 0 atom stereocenters. The third-order valence-corrected chi connectivity index (χ3v) is 3.44. The number of nitrogens with zero attached hydrogens (tertiary/aromatic N) is 2. The molecule has 140 valence electrons. The average molecular weight is 370 g/mol. The maximum atomic E-state index is 11.9. The van der Waals surface area contributed by atoms with Gasteiger partial charge >= 0.3 is 0 Å². The number of nitro benzene ring substituents is 1. The van der Waals surface area contributed by atoms with E-state index < -0.39 is 10.8 Å². The normalized spacial score (nSPS) is 10.4. The summed E-state index contributed by atoms with van der Waals surface area (Å²) in [7, 11) is 1.50. The van der Waals surface area contributed by atoms with Crippen molar-refractivity contribution >= 4 is 29.4 Å². The maximum Gasteiger partial charge on any atom is 0.270 e. The molecular weight excluding hydrogens is 352 g/mol. The van der Waals surface area contributed by atoms with Gasteiger partial charge in [-0.1, -0.05) is 24.3 Å². The fraction of sp³-hybridized carbons (Fsp3) is 0.167. The SMILES string of the molecule is COc1ccccc1NC(=O)CCC(=O)N/N=C/c1cccc([N+](=O)[O-])c1. The number of para-hydroxylation sites is 2. The highest BCUT2D eigenvalue weighted by Gasteiger charge is 2.09. The largest absolute Gasteiger partial charge is 0.495 e. The third-order valence-electron chi connectivity index (χ3n) is 3.44. The molecule has 9 nitrogen and oxygen atoms in total. The summed E-state index contributed by atoms with van der Waals surface area (Å²) >= 11 is 0. The highest BCUT2D eigenvalue weighted by molar-refractivity contribution is 5.94. The number of benzene rings is 2. The molecule has 2 aromatic carbocycles. The van der Waals surface area contributed by atoms with Gasteiger partial charge < -0.3 is 10.1 Å². The van der Waals surface area contributed by atoms with E-state index in [0.29, 0.717) is 17.0 Å². The summed E-state index contributed by atoms with van der Waals surface area (Å²) in [5, 5.41) is 17.1. The van der Waals surface area contributed by atoms with Gasteiger partial charge in [-0.15, -0.1) is 0 Å². The number of amides is 2. The van der Waals surface area contributed by atoms with Crippen molar-refractivity contribution in [1.82, 2.24) is 5.43 Å². The molecule has 0 fully saturated rings. The summed E-state index contributed by atoms with van der Waals surface area (Å²) in [5.74, 6) is -0.263. The molecular formula is C18H18N4O5. The maximum absolute atomic E-state index is 11.9. The number of hydrogen-bond acceptors (Lipinski definition) is 6. The fourth-order valence-electron chi connectivity index (χ4n) is 2.14. The molecule has 0 spiro atoms.